The van der Waals surface area contributed by atoms with E-state index in [4.69, 9.17) is 10.8 Å². The summed E-state index contributed by atoms with van der Waals surface area (Å²) < 4.78 is 1.76. The molecule has 3 aliphatic rings. The van der Waals surface area contributed by atoms with Crippen LogP contribution >= 0.6 is 23.5 Å². The number of fused-ring (bicyclic) bond motifs is 2. The number of aromatic nitrogens is 4. The highest BCUT2D eigenvalue weighted by Gasteiger charge is 2.54. The standard InChI is InChI=1S/C24H25N7O7S2/c25-8-13-4-2-1-3-12(13)7-16(32)26-19-21(35)30-20(23(36)37)14(11-40-22(19)30)10-39-17-6-5-15-27-29(9-18(33)34)24(38)31(15)28-17/h1-2,5-6,19,22H,3-4,7-11,25H2,(H,26,32)(H,33,34)(H,36,37)/t19?,22-/m1/s1. The van der Waals surface area contributed by atoms with Gasteiger partial charge in [-0.3, -0.25) is 19.3 Å². The molecule has 2 aromatic rings. The highest BCUT2D eigenvalue weighted by molar-refractivity contribution is 8.01. The van der Waals surface area contributed by atoms with Crippen LogP contribution in [0.3, 0.4) is 0 Å². The molecule has 210 valence electrons. The summed E-state index contributed by atoms with van der Waals surface area (Å²) in [5.41, 5.74) is 7.58. The van der Waals surface area contributed by atoms with E-state index in [1.807, 2.05) is 12.2 Å². The van der Waals surface area contributed by atoms with Crippen LogP contribution in [0.1, 0.15) is 19.3 Å². The number of nitrogens with zero attached hydrogens (tertiary/aromatic N) is 5. The average molecular weight is 588 g/mol. The van der Waals surface area contributed by atoms with Gasteiger partial charge in [-0.2, -0.15) is 14.3 Å². The zero-order valence-corrected chi connectivity index (χ0v) is 22.6. The molecular weight excluding hydrogens is 562 g/mol. The first-order valence-electron chi connectivity index (χ1n) is 12.2. The summed E-state index contributed by atoms with van der Waals surface area (Å²) in [5, 5.41) is 29.6. The predicted molar refractivity (Wildman–Crippen MR) is 144 cm³/mol. The summed E-state index contributed by atoms with van der Waals surface area (Å²) in [7, 11) is 0. The molecule has 1 saturated heterocycles. The molecule has 0 saturated carbocycles. The Morgan fingerprint density at radius 1 is 1.10 bits per heavy atom. The Labute approximate surface area is 234 Å². The molecule has 2 atom stereocenters. The lowest BCUT2D eigenvalue weighted by atomic mass is 9.94. The molecule has 0 aromatic carbocycles. The summed E-state index contributed by atoms with van der Waals surface area (Å²) in [6, 6.07) is 2.28. The smallest absolute Gasteiger partial charge is 0.367 e. The molecule has 1 fully saturated rings. The topological polar surface area (TPSA) is 202 Å². The van der Waals surface area contributed by atoms with Crippen molar-refractivity contribution in [1.29, 1.82) is 0 Å². The van der Waals surface area contributed by atoms with Crippen molar-refractivity contribution in [3.63, 3.8) is 0 Å². The predicted octanol–water partition coefficient (Wildman–Crippen LogP) is -0.198. The number of carboxylic acid groups (broad SMARTS) is 2. The van der Waals surface area contributed by atoms with E-state index in [2.05, 4.69) is 15.5 Å². The third-order valence-corrected chi connectivity index (χ3v) is 9.02. The monoisotopic (exact) mass is 587 g/mol. The molecule has 2 aliphatic heterocycles. The van der Waals surface area contributed by atoms with Crippen LogP contribution < -0.4 is 16.7 Å². The Hall–Kier alpha value is -3.89. The normalized spacial score (nSPS) is 20.5. The Balaban J connectivity index is 1.27. The highest BCUT2D eigenvalue weighted by atomic mass is 32.2. The molecule has 1 aliphatic carbocycles. The Bertz CT molecular complexity index is 1570. The van der Waals surface area contributed by atoms with Gasteiger partial charge in [0.05, 0.1) is 0 Å². The number of carbonyl (C=O) groups is 4. The number of carbonyl (C=O) groups excluding carboxylic acids is 2. The van der Waals surface area contributed by atoms with Gasteiger partial charge in [0.2, 0.25) is 5.91 Å². The SMILES string of the molecule is NCC1=C(CC(=O)NC2C(=O)N3C(C(=O)O)=C(CSc4ccc5nn(CC(=O)O)c(=O)n5n4)CS[C@H]23)CC=CC1. The molecule has 0 spiro atoms. The van der Waals surface area contributed by atoms with E-state index in [1.54, 1.807) is 6.07 Å². The number of aliphatic carboxylic acids is 2. The van der Waals surface area contributed by atoms with Gasteiger partial charge in [-0.15, -0.1) is 28.6 Å². The van der Waals surface area contributed by atoms with Crippen LogP contribution in [0.15, 0.2) is 56.5 Å². The number of hydrogen-bond donors (Lipinski definition) is 4. The summed E-state index contributed by atoms with van der Waals surface area (Å²) >= 11 is 2.53. The number of nitrogens with one attached hydrogen (secondary N) is 1. The molecule has 2 aromatic heterocycles. The average Bonchev–Trinajstić information content (AvgIpc) is 3.23. The minimum Gasteiger partial charge on any atom is -0.480 e. The van der Waals surface area contributed by atoms with Crippen molar-refractivity contribution < 1.29 is 29.4 Å². The van der Waals surface area contributed by atoms with Crippen molar-refractivity contribution in [2.24, 2.45) is 5.73 Å². The fourth-order valence-electron chi connectivity index (χ4n) is 4.74. The molecule has 16 heteroatoms. The number of β-lactam (4-membered cyclic amide) rings is 1. The van der Waals surface area contributed by atoms with Crippen molar-refractivity contribution in [1.82, 2.24) is 29.6 Å². The van der Waals surface area contributed by atoms with Crippen LogP contribution in [-0.2, 0) is 25.7 Å². The maximum absolute atomic E-state index is 13.0. The van der Waals surface area contributed by atoms with Crippen LogP contribution in [0.2, 0.25) is 0 Å². The number of allylic oxidation sites excluding steroid dienone is 2. The Morgan fingerprint density at radius 3 is 2.55 bits per heavy atom. The molecule has 5 rings (SSSR count). The molecule has 0 radical (unpaired) electrons. The molecule has 40 heavy (non-hydrogen) atoms. The number of hydrogen-bond acceptors (Lipinski definition) is 10. The van der Waals surface area contributed by atoms with Gasteiger partial charge in [0.25, 0.3) is 5.91 Å². The zero-order chi connectivity index (χ0) is 28.6. The van der Waals surface area contributed by atoms with Gasteiger partial charge in [0.1, 0.15) is 28.7 Å². The quantitative estimate of drug-likeness (QED) is 0.162. The maximum Gasteiger partial charge on any atom is 0.367 e. The molecule has 0 bridgehead atoms. The zero-order valence-electron chi connectivity index (χ0n) is 21.0. The first-order valence-corrected chi connectivity index (χ1v) is 14.3. The van der Waals surface area contributed by atoms with Crippen molar-refractivity contribution in [2.75, 3.05) is 18.1 Å². The van der Waals surface area contributed by atoms with Crippen molar-refractivity contribution >= 4 is 52.9 Å². The molecular formula is C24H25N7O7S2. The van der Waals surface area contributed by atoms with Crippen LogP contribution in [0.5, 0.6) is 0 Å². The number of thioether (sulfide) groups is 2. The molecule has 4 heterocycles. The van der Waals surface area contributed by atoms with Crippen LogP contribution in [0, 0.1) is 0 Å². The van der Waals surface area contributed by atoms with Gasteiger partial charge in [0, 0.05) is 24.5 Å². The second-order valence-corrected chi connectivity index (χ2v) is 11.3. The van der Waals surface area contributed by atoms with Crippen molar-refractivity contribution in [3.05, 3.63) is 57.2 Å². The van der Waals surface area contributed by atoms with E-state index in [0.717, 1.165) is 20.3 Å². The van der Waals surface area contributed by atoms with Crippen LogP contribution in [-0.4, -0.2) is 87.7 Å². The second kappa shape index (κ2) is 11.3. The van der Waals surface area contributed by atoms with Gasteiger partial charge in [-0.25, -0.2) is 9.59 Å². The van der Waals surface area contributed by atoms with Gasteiger partial charge in [-0.05, 0) is 30.5 Å². The number of amides is 2. The molecule has 14 nitrogen and oxygen atoms in total. The Kier molecular flexibility index (Phi) is 7.82. The van der Waals surface area contributed by atoms with Crippen LogP contribution in [0.25, 0.3) is 5.65 Å². The maximum atomic E-state index is 13.0. The van der Waals surface area contributed by atoms with Crippen molar-refractivity contribution in [2.45, 2.75) is 42.2 Å². The van der Waals surface area contributed by atoms with Gasteiger partial charge in [0.15, 0.2) is 5.65 Å². The highest BCUT2D eigenvalue weighted by Crippen LogP contribution is 2.41. The van der Waals surface area contributed by atoms with E-state index in [-0.39, 0.29) is 29.4 Å². The first kappa shape index (κ1) is 27.7. The van der Waals surface area contributed by atoms with E-state index in [0.29, 0.717) is 35.7 Å². The number of rotatable bonds is 10. The summed E-state index contributed by atoms with van der Waals surface area (Å²) in [6.45, 7) is -0.239. The minimum absolute atomic E-state index is 0.121. The fraction of sp³-hybridized carbons (Fsp3) is 0.375. The summed E-state index contributed by atoms with van der Waals surface area (Å²) in [5.74, 6) is -2.76. The summed E-state index contributed by atoms with van der Waals surface area (Å²) in [4.78, 5) is 62.4. The fourth-order valence-corrected chi connectivity index (χ4v) is 7.08. The third kappa shape index (κ3) is 5.29. The minimum atomic E-state index is -1.25. The molecule has 1 unspecified atom stereocenters. The van der Waals surface area contributed by atoms with E-state index < -0.39 is 41.5 Å². The largest absolute Gasteiger partial charge is 0.480 e. The van der Waals surface area contributed by atoms with Gasteiger partial charge >= 0.3 is 17.6 Å². The lowest BCUT2D eigenvalue weighted by Gasteiger charge is -2.49. The Morgan fingerprint density at radius 2 is 1.85 bits per heavy atom. The lowest BCUT2D eigenvalue weighted by Crippen LogP contribution is -2.70. The first-order chi connectivity index (χ1) is 19.2. The number of carboxylic acids is 2. The van der Waals surface area contributed by atoms with Gasteiger partial charge in [-0.1, -0.05) is 23.3 Å². The second-order valence-electron chi connectivity index (χ2n) is 9.24. The van der Waals surface area contributed by atoms with E-state index in [9.17, 15) is 29.1 Å². The van der Waals surface area contributed by atoms with Crippen molar-refractivity contribution in [3.8, 4) is 0 Å². The van der Waals surface area contributed by atoms with Gasteiger partial charge < -0.3 is 21.3 Å². The molecule has 5 N–H and O–H groups in total. The van der Waals surface area contributed by atoms with Crippen LogP contribution in [0.4, 0.5) is 0 Å². The summed E-state index contributed by atoms with van der Waals surface area (Å²) in [6.07, 6.45) is 5.47. The molecule has 2 amide bonds. The van der Waals surface area contributed by atoms with E-state index in [1.165, 1.54) is 34.5 Å². The number of nitrogens with two attached hydrogens (primary N) is 1. The third-order valence-electron chi connectivity index (χ3n) is 6.68. The lowest BCUT2D eigenvalue weighted by molar-refractivity contribution is -0.150. The van der Waals surface area contributed by atoms with E-state index >= 15 is 0 Å².